The molecular weight excluding hydrogens is 312 g/mol. The molecule has 0 spiro atoms. The lowest BCUT2D eigenvalue weighted by Gasteiger charge is -2.15. The second-order valence-corrected chi connectivity index (χ2v) is 5.15. The van der Waals surface area contributed by atoms with Gasteiger partial charge in [-0.3, -0.25) is 0 Å². The van der Waals surface area contributed by atoms with Crippen LogP contribution < -0.4 is 14.8 Å². The Morgan fingerprint density at radius 3 is 2.79 bits per heavy atom. The Bertz CT molecular complexity index is 713. The van der Waals surface area contributed by atoms with Gasteiger partial charge in [0.05, 0.1) is 32.7 Å². The van der Waals surface area contributed by atoms with Gasteiger partial charge >= 0.3 is 5.97 Å². The lowest BCUT2D eigenvalue weighted by molar-refractivity contribution is 0.0595. The molecule has 1 saturated heterocycles. The van der Waals surface area contributed by atoms with Gasteiger partial charge < -0.3 is 24.3 Å². The van der Waals surface area contributed by atoms with Crippen LogP contribution in [-0.2, 0) is 9.47 Å². The summed E-state index contributed by atoms with van der Waals surface area (Å²) in [5.41, 5.74) is 0.966. The van der Waals surface area contributed by atoms with Gasteiger partial charge in [-0.1, -0.05) is 6.07 Å². The number of nitrogens with zero attached hydrogens (tertiary/aromatic N) is 1. The van der Waals surface area contributed by atoms with E-state index < -0.39 is 5.97 Å². The Balaban J connectivity index is 1.87. The van der Waals surface area contributed by atoms with Gasteiger partial charge in [0.2, 0.25) is 0 Å². The first-order valence-electron chi connectivity index (χ1n) is 7.44. The summed E-state index contributed by atoms with van der Waals surface area (Å²) in [6.07, 6.45) is 1.67. The summed E-state index contributed by atoms with van der Waals surface area (Å²) in [6, 6.07) is 8.77. The Morgan fingerprint density at radius 1 is 1.33 bits per heavy atom. The molecule has 1 aromatic carbocycles. The van der Waals surface area contributed by atoms with E-state index in [0.717, 1.165) is 0 Å². The number of nitrogens with one attached hydrogen (secondary N) is 1. The van der Waals surface area contributed by atoms with Crippen molar-refractivity contribution in [3.63, 3.8) is 0 Å². The molecule has 0 saturated carbocycles. The van der Waals surface area contributed by atoms with Crippen LogP contribution in [0.15, 0.2) is 36.5 Å². The Hall–Kier alpha value is -2.80. The van der Waals surface area contributed by atoms with Gasteiger partial charge in [-0.25, -0.2) is 9.78 Å². The van der Waals surface area contributed by atoms with Crippen LogP contribution in [0.2, 0.25) is 0 Å². The number of hydrogen-bond donors (Lipinski definition) is 1. The molecule has 0 unspecified atom stereocenters. The highest BCUT2D eigenvalue weighted by Crippen LogP contribution is 2.32. The summed E-state index contributed by atoms with van der Waals surface area (Å²) in [5.74, 6) is 1.21. The number of epoxide rings is 1. The third kappa shape index (κ3) is 3.75. The van der Waals surface area contributed by atoms with E-state index in [1.54, 1.807) is 43.6 Å². The second-order valence-electron chi connectivity index (χ2n) is 5.15. The highest BCUT2D eigenvalue weighted by molar-refractivity contribution is 5.95. The first kappa shape index (κ1) is 16.1. The molecule has 1 aromatic heterocycles. The van der Waals surface area contributed by atoms with Gasteiger partial charge in [-0.2, -0.15) is 0 Å². The monoisotopic (exact) mass is 330 g/mol. The maximum Gasteiger partial charge on any atom is 0.341 e. The zero-order chi connectivity index (χ0) is 16.9. The molecule has 1 fully saturated rings. The number of para-hydroxylation sites is 1. The number of anilines is 2. The SMILES string of the molecule is COC(=O)c1cccc(Nc2ccc(OC)cn2)c1OC[C@H]1CO1. The van der Waals surface area contributed by atoms with E-state index in [0.29, 0.717) is 41.8 Å². The van der Waals surface area contributed by atoms with Gasteiger partial charge in [0.15, 0.2) is 5.75 Å². The van der Waals surface area contributed by atoms with E-state index in [-0.39, 0.29) is 6.10 Å². The van der Waals surface area contributed by atoms with E-state index in [4.69, 9.17) is 18.9 Å². The molecule has 1 aliphatic heterocycles. The summed E-state index contributed by atoms with van der Waals surface area (Å²) in [7, 11) is 2.91. The predicted molar refractivity (Wildman–Crippen MR) is 87.1 cm³/mol. The van der Waals surface area contributed by atoms with Crippen LogP contribution in [0.4, 0.5) is 11.5 Å². The standard InChI is InChI=1S/C17H18N2O5/c1-21-11-6-7-15(18-8-11)19-14-5-3-4-13(17(20)22-2)16(14)24-10-12-9-23-12/h3-8,12H,9-10H2,1-2H3,(H,18,19)/t12-/m1/s1. The molecule has 7 nitrogen and oxygen atoms in total. The number of rotatable bonds is 7. The lowest BCUT2D eigenvalue weighted by atomic mass is 10.1. The molecule has 126 valence electrons. The minimum absolute atomic E-state index is 0.0719. The van der Waals surface area contributed by atoms with Gasteiger partial charge in [-0.05, 0) is 24.3 Å². The summed E-state index contributed by atoms with van der Waals surface area (Å²) in [5, 5.41) is 3.15. The average molecular weight is 330 g/mol. The third-order valence-electron chi connectivity index (χ3n) is 3.47. The Kier molecular flexibility index (Phi) is 4.81. The molecule has 3 rings (SSSR count). The third-order valence-corrected chi connectivity index (χ3v) is 3.47. The molecule has 1 aliphatic rings. The first-order chi connectivity index (χ1) is 11.7. The van der Waals surface area contributed by atoms with Gasteiger partial charge in [0, 0.05) is 0 Å². The zero-order valence-electron chi connectivity index (χ0n) is 13.4. The topological polar surface area (TPSA) is 82.2 Å². The normalized spacial score (nSPS) is 15.5. The number of carbonyl (C=O) groups is 1. The van der Waals surface area contributed by atoms with Crippen molar-refractivity contribution in [3.8, 4) is 11.5 Å². The van der Waals surface area contributed by atoms with Crippen LogP contribution in [0.25, 0.3) is 0 Å². The molecule has 1 N–H and O–H groups in total. The zero-order valence-corrected chi connectivity index (χ0v) is 13.4. The molecule has 7 heteroatoms. The number of methoxy groups -OCH3 is 2. The predicted octanol–water partition coefficient (Wildman–Crippen LogP) is 2.40. The van der Waals surface area contributed by atoms with Crippen LogP contribution in [-0.4, -0.2) is 44.5 Å². The van der Waals surface area contributed by atoms with Crippen molar-refractivity contribution >= 4 is 17.5 Å². The van der Waals surface area contributed by atoms with Crippen molar-refractivity contribution < 1.29 is 23.7 Å². The number of benzene rings is 1. The fourth-order valence-electron chi connectivity index (χ4n) is 2.12. The minimum Gasteiger partial charge on any atom is -0.495 e. The highest BCUT2D eigenvalue weighted by Gasteiger charge is 2.25. The van der Waals surface area contributed by atoms with Crippen LogP contribution >= 0.6 is 0 Å². The van der Waals surface area contributed by atoms with Crippen LogP contribution in [0.1, 0.15) is 10.4 Å². The number of carbonyl (C=O) groups excluding carboxylic acids is 1. The van der Waals surface area contributed by atoms with Gasteiger partial charge in [0.1, 0.15) is 29.8 Å². The molecule has 2 heterocycles. The maximum atomic E-state index is 12.0. The average Bonchev–Trinajstić information content (AvgIpc) is 3.45. The van der Waals surface area contributed by atoms with Gasteiger partial charge in [-0.15, -0.1) is 0 Å². The summed E-state index contributed by atoms with van der Waals surface area (Å²) < 4.78 is 20.9. The van der Waals surface area contributed by atoms with Gasteiger partial charge in [0.25, 0.3) is 0 Å². The quantitative estimate of drug-likeness (QED) is 0.616. The first-order valence-corrected chi connectivity index (χ1v) is 7.44. The van der Waals surface area contributed by atoms with Crippen molar-refractivity contribution in [3.05, 3.63) is 42.1 Å². The smallest absolute Gasteiger partial charge is 0.341 e. The van der Waals surface area contributed by atoms with Crippen molar-refractivity contribution in [2.45, 2.75) is 6.10 Å². The van der Waals surface area contributed by atoms with Crippen LogP contribution in [0, 0.1) is 0 Å². The molecule has 2 aromatic rings. The number of esters is 1. The molecular formula is C17H18N2O5. The lowest BCUT2D eigenvalue weighted by Crippen LogP contribution is -2.11. The molecule has 1 atom stereocenters. The molecule has 0 aliphatic carbocycles. The summed E-state index contributed by atoms with van der Waals surface area (Å²) in [4.78, 5) is 16.2. The number of aromatic nitrogens is 1. The Morgan fingerprint density at radius 2 is 2.17 bits per heavy atom. The fraction of sp³-hybridized carbons (Fsp3) is 0.294. The molecule has 0 radical (unpaired) electrons. The van der Waals surface area contributed by atoms with E-state index in [1.807, 2.05) is 0 Å². The van der Waals surface area contributed by atoms with Crippen LogP contribution in [0.5, 0.6) is 11.5 Å². The Labute approximate surface area is 139 Å². The molecule has 24 heavy (non-hydrogen) atoms. The van der Waals surface area contributed by atoms with E-state index in [2.05, 4.69) is 10.3 Å². The summed E-state index contributed by atoms with van der Waals surface area (Å²) in [6.45, 7) is 1.04. The fourth-order valence-corrected chi connectivity index (χ4v) is 2.12. The maximum absolute atomic E-state index is 12.0. The highest BCUT2D eigenvalue weighted by atomic mass is 16.6. The van der Waals surface area contributed by atoms with Crippen molar-refractivity contribution in [2.24, 2.45) is 0 Å². The largest absolute Gasteiger partial charge is 0.495 e. The van der Waals surface area contributed by atoms with E-state index >= 15 is 0 Å². The number of hydrogen-bond acceptors (Lipinski definition) is 7. The number of pyridine rings is 1. The van der Waals surface area contributed by atoms with E-state index in [1.165, 1.54) is 7.11 Å². The van der Waals surface area contributed by atoms with Crippen molar-refractivity contribution in [1.82, 2.24) is 4.98 Å². The van der Waals surface area contributed by atoms with Crippen molar-refractivity contribution in [2.75, 3.05) is 32.8 Å². The van der Waals surface area contributed by atoms with Crippen LogP contribution in [0.3, 0.4) is 0 Å². The minimum atomic E-state index is -0.465. The summed E-state index contributed by atoms with van der Waals surface area (Å²) >= 11 is 0. The van der Waals surface area contributed by atoms with Crippen molar-refractivity contribution in [1.29, 1.82) is 0 Å². The number of ether oxygens (including phenoxy) is 4. The van der Waals surface area contributed by atoms with E-state index in [9.17, 15) is 4.79 Å². The second kappa shape index (κ2) is 7.18. The molecule has 0 amide bonds. The molecule has 0 bridgehead atoms.